The second kappa shape index (κ2) is 7.33. The molecule has 3 heterocycles. The number of piperidine rings is 1. The topological polar surface area (TPSA) is 90.5 Å². The van der Waals surface area contributed by atoms with Crippen molar-refractivity contribution in [3.8, 4) is 6.01 Å². The number of nitrogens with zero attached hydrogens (tertiary/aromatic N) is 4. The smallest absolute Gasteiger partial charge is 0.416 e. The van der Waals surface area contributed by atoms with Gasteiger partial charge in [-0.05, 0) is 43.7 Å². The van der Waals surface area contributed by atoms with E-state index in [1.54, 1.807) is 4.57 Å². The van der Waals surface area contributed by atoms with E-state index >= 15 is 0 Å². The predicted octanol–water partition coefficient (Wildman–Crippen LogP) is 4.07. The standard InChI is InChI=1S/C20H21F3N4O4/c1-12-19(2,31-18-24-16(27(29)30)11-26(12)18)25-9-7-14(8-10-25)17(28)13-3-5-15(6-4-13)20(21,22)23/h3-6,11-12,14H,7-10H2,1-2H3. The number of carbonyl (C=O) groups excluding carboxylic acids is 1. The van der Waals surface area contributed by atoms with Gasteiger partial charge in [-0.15, -0.1) is 0 Å². The number of halogens is 3. The van der Waals surface area contributed by atoms with Gasteiger partial charge in [0.1, 0.15) is 6.20 Å². The van der Waals surface area contributed by atoms with Crippen LogP contribution in [0.1, 0.15) is 48.7 Å². The average Bonchev–Trinajstić information content (AvgIpc) is 3.25. The maximum absolute atomic E-state index is 12.8. The van der Waals surface area contributed by atoms with Crippen LogP contribution in [-0.4, -0.2) is 44.0 Å². The number of alkyl halides is 3. The number of hydrogen-bond donors (Lipinski definition) is 0. The zero-order valence-corrected chi connectivity index (χ0v) is 16.9. The first-order chi connectivity index (χ1) is 14.5. The third kappa shape index (κ3) is 3.67. The molecule has 2 aromatic rings. The third-order valence-corrected chi connectivity index (χ3v) is 6.35. The first-order valence-corrected chi connectivity index (χ1v) is 9.89. The lowest BCUT2D eigenvalue weighted by molar-refractivity contribution is -0.389. The highest BCUT2D eigenvalue weighted by Gasteiger charge is 2.51. The maximum atomic E-state index is 12.8. The molecule has 2 aliphatic rings. The number of aromatic nitrogens is 2. The molecule has 8 nitrogen and oxygen atoms in total. The van der Waals surface area contributed by atoms with E-state index in [0.717, 1.165) is 12.1 Å². The maximum Gasteiger partial charge on any atom is 0.416 e. The van der Waals surface area contributed by atoms with Crippen molar-refractivity contribution in [2.75, 3.05) is 13.1 Å². The van der Waals surface area contributed by atoms with E-state index in [9.17, 15) is 28.1 Å². The molecule has 2 aliphatic heterocycles. The molecule has 31 heavy (non-hydrogen) atoms. The zero-order chi connectivity index (χ0) is 22.6. The van der Waals surface area contributed by atoms with Gasteiger partial charge >= 0.3 is 18.0 Å². The second-order valence-electron chi connectivity index (χ2n) is 8.08. The van der Waals surface area contributed by atoms with Gasteiger partial charge in [0.2, 0.25) is 0 Å². The van der Waals surface area contributed by atoms with E-state index < -0.39 is 22.4 Å². The fraction of sp³-hybridized carbons (Fsp3) is 0.500. The molecule has 0 spiro atoms. The van der Waals surface area contributed by atoms with Gasteiger partial charge in [-0.2, -0.15) is 13.2 Å². The number of Topliss-reactive ketones (excluding diaryl/α,β-unsaturated/α-hetero) is 1. The summed E-state index contributed by atoms with van der Waals surface area (Å²) in [6, 6.07) is 4.27. The number of likely N-dealkylation sites (tertiary alicyclic amines) is 1. The summed E-state index contributed by atoms with van der Waals surface area (Å²) in [6.07, 6.45) is -2.01. The van der Waals surface area contributed by atoms with Crippen LogP contribution in [0.25, 0.3) is 0 Å². The van der Waals surface area contributed by atoms with Crippen LogP contribution in [0.3, 0.4) is 0 Å². The highest BCUT2D eigenvalue weighted by Crippen LogP contribution is 2.43. The normalized spacial score (nSPS) is 24.6. The number of imidazole rings is 1. The van der Waals surface area contributed by atoms with E-state index in [0.29, 0.717) is 25.9 Å². The molecule has 0 bridgehead atoms. The molecular formula is C20H21F3N4O4. The van der Waals surface area contributed by atoms with Gasteiger partial charge in [0.05, 0.1) is 11.6 Å². The number of benzene rings is 1. The predicted molar refractivity (Wildman–Crippen MR) is 103 cm³/mol. The molecule has 0 saturated carbocycles. The van der Waals surface area contributed by atoms with Crippen molar-refractivity contribution in [2.24, 2.45) is 5.92 Å². The van der Waals surface area contributed by atoms with E-state index in [1.165, 1.54) is 18.3 Å². The molecule has 1 aromatic carbocycles. The van der Waals surface area contributed by atoms with Gasteiger partial charge in [-0.3, -0.25) is 14.3 Å². The SMILES string of the molecule is CC1n2cc([N+](=O)[O-])nc2OC1(C)N1CCC(C(=O)c2ccc(C(F)(F)F)cc2)CC1. The van der Waals surface area contributed by atoms with Crippen molar-refractivity contribution in [1.29, 1.82) is 0 Å². The molecule has 2 unspecified atom stereocenters. The van der Waals surface area contributed by atoms with E-state index in [2.05, 4.69) is 9.88 Å². The minimum absolute atomic E-state index is 0.164. The molecule has 1 aromatic heterocycles. The quantitative estimate of drug-likeness (QED) is 0.406. The lowest BCUT2D eigenvalue weighted by Gasteiger charge is -2.43. The number of fused-ring (bicyclic) bond motifs is 1. The molecule has 0 amide bonds. The van der Waals surface area contributed by atoms with Crippen LogP contribution in [0.15, 0.2) is 30.5 Å². The number of rotatable bonds is 4. The number of nitro groups is 1. The van der Waals surface area contributed by atoms with E-state index in [4.69, 9.17) is 4.74 Å². The van der Waals surface area contributed by atoms with Gasteiger partial charge < -0.3 is 14.9 Å². The summed E-state index contributed by atoms with van der Waals surface area (Å²) in [5, 5.41) is 10.9. The van der Waals surface area contributed by atoms with Crippen molar-refractivity contribution < 1.29 is 27.6 Å². The lowest BCUT2D eigenvalue weighted by atomic mass is 9.87. The Labute approximate surface area is 175 Å². The Morgan fingerprint density at radius 1 is 1.26 bits per heavy atom. The van der Waals surface area contributed by atoms with Gasteiger partial charge in [-0.1, -0.05) is 12.1 Å². The largest absolute Gasteiger partial charge is 0.422 e. The van der Waals surface area contributed by atoms with Crippen molar-refractivity contribution in [1.82, 2.24) is 14.5 Å². The molecule has 0 radical (unpaired) electrons. The third-order valence-electron chi connectivity index (χ3n) is 6.35. The molecule has 1 fully saturated rings. The molecule has 166 valence electrons. The van der Waals surface area contributed by atoms with Crippen LogP contribution in [0, 0.1) is 16.0 Å². The van der Waals surface area contributed by atoms with Crippen molar-refractivity contribution in [2.45, 2.75) is 44.6 Å². The van der Waals surface area contributed by atoms with Crippen molar-refractivity contribution in [3.05, 3.63) is 51.7 Å². The highest BCUT2D eigenvalue weighted by molar-refractivity contribution is 5.97. The van der Waals surface area contributed by atoms with Crippen LogP contribution in [0.5, 0.6) is 6.01 Å². The molecular weight excluding hydrogens is 417 g/mol. The molecule has 1 saturated heterocycles. The molecule has 2 atom stereocenters. The molecule has 4 rings (SSSR count). The Morgan fingerprint density at radius 2 is 1.87 bits per heavy atom. The highest BCUT2D eigenvalue weighted by atomic mass is 19.4. The van der Waals surface area contributed by atoms with Gasteiger partial charge in [-0.25, -0.2) is 0 Å². The van der Waals surface area contributed by atoms with Crippen molar-refractivity contribution >= 4 is 11.6 Å². The Bertz CT molecular complexity index is 1010. The van der Waals surface area contributed by atoms with Crippen LogP contribution in [0.2, 0.25) is 0 Å². The first-order valence-electron chi connectivity index (χ1n) is 9.89. The van der Waals surface area contributed by atoms with Crippen molar-refractivity contribution in [3.63, 3.8) is 0 Å². The number of hydrogen-bond acceptors (Lipinski definition) is 6. The zero-order valence-electron chi connectivity index (χ0n) is 16.9. The monoisotopic (exact) mass is 438 g/mol. The average molecular weight is 438 g/mol. The summed E-state index contributed by atoms with van der Waals surface area (Å²) in [5.74, 6) is -0.723. The van der Waals surface area contributed by atoms with Crippen LogP contribution >= 0.6 is 0 Å². The lowest BCUT2D eigenvalue weighted by Crippen LogP contribution is -2.55. The summed E-state index contributed by atoms with van der Waals surface area (Å²) in [6.45, 7) is 4.87. The Morgan fingerprint density at radius 3 is 2.39 bits per heavy atom. The Hall–Kier alpha value is -2.95. The summed E-state index contributed by atoms with van der Waals surface area (Å²) < 4.78 is 45.8. The number of ketones is 1. The van der Waals surface area contributed by atoms with E-state index in [-0.39, 0.29) is 35.1 Å². The minimum Gasteiger partial charge on any atom is -0.422 e. The first kappa shape index (κ1) is 21.3. The fourth-order valence-electron chi connectivity index (χ4n) is 4.31. The van der Waals surface area contributed by atoms with Gasteiger partial charge in [0, 0.05) is 29.6 Å². The summed E-state index contributed by atoms with van der Waals surface area (Å²) in [4.78, 5) is 29.1. The molecule has 11 heteroatoms. The summed E-state index contributed by atoms with van der Waals surface area (Å²) >= 11 is 0. The molecule has 0 aliphatic carbocycles. The van der Waals surface area contributed by atoms with Crippen LogP contribution in [-0.2, 0) is 6.18 Å². The number of ether oxygens (including phenoxy) is 1. The summed E-state index contributed by atoms with van der Waals surface area (Å²) in [7, 11) is 0. The fourth-order valence-corrected chi connectivity index (χ4v) is 4.31. The van der Waals surface area contributed by atoms with Gasteiger partial charge in [0.15, 0.2) is 11.5 Å². The number of carbonyl (C=O) groups is 1. The van der Waals surface area contributed by atoms with E-state index in [1.807, 2.05) is 13.8 Å². The minimum atomic E-state index is -4.44. The van der Waals surface area contributed by atoms with Gasteiger partial charge in [0.25, 0.3) is 0 Å². The molecule has 0 N–H and O–H groups in total. The van der Waals surface area contributed by atoms with Crippen LogP contribution in [0.4, 0.5) is 19.0 Å². The Kier molecular flexibility index (Phi) is 5.03. The summed E-state index contributed by atoms with van der Waals surface area (Å²) in [5.41, 5.74) is -1.27. The van der Waals surface area contributed by atoms with Crippen LogP contribution < -0.4 is 4.74 Å². The second-order valence-corrected chi connectivity index (χ2v) is 8.08. The Balaban J connectivity index is 1.41.